The standard InChI is InChI=1S/C13H13BrFN3O2S/c14-13-5-4-10(15)6-9(13)8-17-11-2-1-3-12(7-11)18-21(16,19)20/h1-7,17-18H,8H2,(H2,16,19,20). The Hall–Kier alpha value is -1.64. The van der Waals surface area contributed by atoms with Crippen LogP contribution in [0.4, 0.5) is 15.8 Å². The number of halogens is 2. The second kappa shape index (κ2) is 6.42. The summed E-state index contributed by atoms with van der Waals surface area (Å²) >= 11 is 3.34. The molecule has 0 radical (unpaired) electrons. The lowest BCUT2D eigenvalue weighted by molar-refractivity contribution is 0.603. The minimum absolute atomic E-state index is 0.320. The Morgan fingerprint density at radius 3 is 2.57 bits per heavy atom. The topological polar surface area (TPSA) is 84.2 Å². The van der Waals surface area contributed by atoms with Gasteiger partial charge in [-0.3, -0.25) is 4.72 Å². The lowest BCUT2D eigenvalue weighted by Crippen LogP contribution is -2.21. The first-order valence-electron chi connectivity index (χ1n) is 5.92. The molecule has 0 saturated heterocycles. The third-order valence-electron chi connectivity index (χ3n) is 2.61. The van der Waals surface area contributed by atoms with Crippen LogP contribution >= 0.6 is 15.9 Å². The summed E-state index contributed by atoms with van der Waals surface area (Å²) in [6, 6.07) is 11.0. The van der Waals surface area contributed by atoms with Crippen molar-refractivity contribution in [1.29, 1.82) is 0 Å². The highest BCUT2D eigenvalue weighted by molar-refractivity contribution is 9.10. The summed E-state index contributed by atoms with van der Waals surface area (Å²) in [7, 11) is -3.81. The number of hydrogen-bond acceptors (Lipinski definition) is 3. The fraction of sp³-hybridized carbons (Fsp3) is 0.0769. The molecule has 112 valence electrons. The summed E-state index contributed by atoms with van der Waals surface area (Å²) in [5, 5.41) is 7.99. The summed E-state index contributed by atoms with van der Waals surface area (Å²) in [5.74, 6) is -0.320. The molecule has 0 unspecified atom stereocenters. The van der Waals surface area contributed by atoms with Crippen molar-refractivity contribution in [3.8, 4) is 0 Å². The third kappa shape index (κ3) is 5.00. The van der Waals surface area contributed by atoms with Crippen molar-refractivity contribution in [2.45, 2.75) is 6.54 Å². The van der Waals surface area contributed by atoms with Crippen LogP contribution in [-0.4, -0.2) is 8.42 Å². The Bertz CT molecular complexity index is 753. The molecule has 0 fully saturated rings. The SMILES string of the molecule is NS(=O)(=O)Nc1cccc(NCc2cc(F)ccc2Br)c1. The van der Waals surface area contributed by atoms with Crippen molar-refractivity contribution in [2.24, 2.45) is 5.14 Å². The highest BCUT2D eigenvalue weighted by Crippen LogP contribution is 2.21. The van der Waals surface area contributed by atoms with Crippen LogP contribution < -0.4 is 15.2 Å². The molecule has 2 rings (SSSR count). The second-order valence-corrected chi connectivity index (χ2v) is 6.47. The monoisotopic (exact) mass is 373 g/mol. The lowest BCUT2D eigenvalue weighted by Gasteiger charge is -2.10. The molecule has 0 aromatic heterocycles. The summed E-state index contributed by atoms with van der Waals surface area (Å²) in [6.07, 6.45) is 0. The number of benzene rings is 2. The van der Waals surface area contributed by atoms with E-state index < -0.39 is 10.2 Å². The number of nitrogens with two attached hydrogens (primary N) is 1. The minimum Gasteiger partial charge on any atom is -0.381 e. The minimum atomic E-state index is -3.81. The van der Waals surface area contributed by atoms with Crippen molar-refractivity contribution in [3.63, 3.8) is 0 Å². The Balaban J connectivity index is 2.10. The lowest BCUT2D eigenvalue weighted by atomic mass is 10.2. The second-order valence-electron chi connectivity index (χ2n) is 4.32. The van der Waals surface area contributed by atoms with Crippen LogP contribution in [0.5, 0.6) is 0 Å². The Morgan fingerprint density at radius 1 is 1.14 bits per heavy atom. The smallest absolute Gasteiger partial charge is 0.296 e. The van der Waals surface area contributed by atoms with E-state index in [4.69, 9.17) is 5.14 Å². The van der Waals surface area contributed by atoms with Crippen molar-refractivity contribution < 1.29 is 12.8 Å². The van der Waals surface area contributed by atoms with Crippen molar-refractivity contribution in [2.75, 3.05) is 10.0 Å². The predicted octanol–water partition coefficient (Wildman–Crippen LogP) is 2.82. The van der Waals surface area contributed by atoms with Crippen molar-refractivity contribution in [1.82, 2.24) is 0 Å². The number of rotatable bonds is 5. The van der Waals surface area contributed by atoms with Crippen LogP contribution in [-0.2, 0) is 16.8 Å². The molecule has 0 aliphatic rings. The van der Waals surface area contributed by atoms with Crippen LogP contribution in [0, 0.1) is 5.82 Å². The maximum atomic E-state index is 13.2. The van der Waals surface area contributed by atoms with E-state index in [-0.39, 0.29) is 5.82 Å². The zero-order chi connectivity index (χ0) is 15.5. The van der Waals surface area contributed by atoms with E-state index in [0.717, 1.165) is 10.0 Å². The fourth-order valence-electron chi connectivity index (χ4n) is 1.73. The van der Waals surface area contributed by atoms with Gasteiger partial charge in [0.1, 0.15) is 5.82 Å². The Kier molecular flexibility index (Phi) is 4.81. The van der Waals surface area contributed by atoms with Gasteiger partial charge in [-0.25, -0.2) is 9.53 Å². The molecule has 0 spiro atoms. The van der Waals surface area contributed by atoms with Gasteiger partial charge >= 0.3 is 0 Å². The molecule has 0 aliphatic heterocycles. The van der Waals surface area contributed by atoms with E-state index in [1.165, 1.54) is 12.1 Å². The summed E-state index contributed by atoms with van der Waals surface area (Å²) in [4.78, 5) is 0. The first-order chi connectivity index (χ1) is 9.83. The maximum absolute atomic E-state index is 13.2. The zero-order valence-corrected chi connectivity index (χ0v) is 13.2. The number of hydrogen-bond donors (Lipinski definition) is 3. The molecule has 0 heterocycles. The average Bonchev–Trinajstić information content (AvgIpc) is 2.38. The average molecular weight is 374 g/mol. The molecule has 8 heteroatoms. The van der Waals surface area contributed by atoms with E-state index in [2.05, 4.69) is 26.0 Å². The molecule has 4 N–H and O–H groups in total. The highest BCUT2D eigenvalue weighted by Gasteiger charge is 2.04. The number of anilines is 2. The maximum Gasteiger partial charge on any atom is 0.296 e. The molecule has 0 atom stereocenters. The van der Waals surface area contributed by atoms with E-state index in [0.29, 0.717) is 17.9 Å². The summed E-state index contributed by atoms with van der Waals surface area (Å²) in [6.45, 7) is 0.386. The molecule has 0 saturated carbocycles. The fourth-order valence-corrected chi connectivity index (χ4v) is 2.58. The third-order valence-corrected chi connectivity index (χ3v) is 3.91. The van der Waals surface area contributed by atoms with Gasteiger partial charge in [-0.2, -0.15) is 8.42 Å². The zero-order valence-electron chi connectivity index (χ0n) is 10.8. The molecule has 2 aromatic rings. The van der Waals surface area contributed by atoms with Gasteiger partial charge in [-0.05, 0) is 42.0 Å². The van der Waals surface area contributed by atoms with E-state index >= 15 is 0 Å². The van der Waals surface area contributed by atoms with E-state index in [1.807, 2.05) is 0 Å². The van der Waals surface area contributed by atoms with Crippen LogP contribution in [0.25, 0.3) is 0 Å². The van der Waals surface area contributed by atoms with Gasteiger partial charge in [0, 0.05) is 16.7 Å². The normalized spacial score (nSPS) is 11.2. The largest absolute Gasteiger partial charge is 0.381 e. The summed E-state index contributed by atoms with van der Waals surface area (Å²) < 4.78 is 38.1. The number of nitrogens with one attached hydrogen (secondary N) is 2. The van der Waals surface area contributed by atoms with Gasteiger partial charge in [0.15, 0.2) is 0 Å². The first-order valence-corrected chi connectivity index (χ1v) is 8.26. The predicted molar refractivity (Wildman–Crippen MR) is 84.6 cm³/mol. The molecule has 0 aliphatic carbocycles. The van der Waals surface area contributed by atoms with Gasteiger partial charge in [0.25, 0.3) is 10.2 Å². The quantitative estimate of drug-likeness (QED) is 0.753. The summed E-state index contributed by atoms with van der Waals surface area (Å²) in [5.41, 5.74) is 1.78. The van der Waals surface area contributed by atoms with E-state index in [1.54, 1.807) is 30.3 Å². The van der Waals surface area contributed by atoms with Gasteiger partial charge in [0.2, 0.25) is 0 Å². The van der Waals surface area contributed by atoms with Crippen LogP contribution in [0.3, 0.4) is 0 Å². The van der Waals surface area contributed by atoms with Crippen LogP contribution in [0.1, 0.15) is 5.56 Å². The molecule has 5 nitrogen and oxygen atoms in total. The van der Waals surface area contributed by atoms with Crippen LogP contribution in [0.15, 0.2) is 46.9 Å². The Labute approximate surface area is 130 Å². The molecular weight excluding hydrogens is 361 g/mol. The van der Waals surface area contributed by atoms with Gasteiger partial charge in [0.05, 0.1) is 5.69 Å². The molecule has 0 bridgehead atoms. The molecule has 2 aromatic carbocycles. The van der Waals surface area contributed by atoms with Crippen molar-refractivity contribution >= 4 is 37.5 Å². The Morgan fingerprint density at radius 2 is 1.86 bits per heavy atom. The molecule has 0 amide bonds. The van der Waals surface area contributed by atoms with E-state index in [9.17, 15) is 12.8 Å². The molecule has 21 heavy (non-hydrogen) atoms. The van der Waals surface area contributed by atoms with Gasteiger partial charge in [-0.1, -0.05) is 22.0 Å². The van der Waals surface area contributed by atoms with Gasteiger partial charge < -0.3 is 5.32 Å². The first kappa shape index (κ1) is 15.7. The van der Waals surface area contributed by atoms with Crippen molar-refractivity contribution in [3.05, 3.63) is 58.3 Å². The molecular formula is C13H13BrFN3O2S. The highest BCUT2D eigenvalue weighted by atomic mass is 79.9. The van der Waals surface area contributed by atoms with Gasteiger partial charge in [-0.15, -0.1) is 0 Å². The van der Waals surface area contributed by atoms with Crippen LogP contribution in [0.2, 0.25) is 0 Å².